The van der Waals surface area contributed by atoms with Crippen LogP contribution in [-0.4, -0.2) is 11.2 Å². The van der Waals surface area contributed by atoms with Crippen molar-refractivity contribution < 1.29 is 5.11 Å². The highest BCUT2D eigenvalue weighted by Gasteiger charge is 2.25. The molecule has 22 heavy (non-hydrogen) atoms. The van der Waals surface area contributed by atoms with Crippen LogP contribution in [0.15, 0.2) is 34.4 Å². The fourth-order valence-corrected chi connectivity index (χ4v) is 2.85. The molecule has 0 aliphatic heterocycles. The Kier molecular flexibility index (Phi) is 7.88. The van der Waals surface area contributed by atoms with Crippen molar-refractivity contribution in [1.29, 1.82) is 0 Å². The largest absolute Gasteiger partial charge is 0.386 e. The molecule has 5 nitrogen and oxygen atoms in total. The van der Waals surface area contributed by atoms with Crippen molar-refractivity contribution >= 4 is 0 Å². The van der Waals surface area contributed by atoms with Gasteiger partial charge in [-0.2, -0.15) is 0 Å². The summed E-state index contributed by atoms with van der Waals surface area (Å²) < 4.78 is 0. The van der Waals surface area contributed by atoms with Crippen molar-refractivity contribution in [2.45, 2.75) is 70.8 Å². The van der Waals surface area contributed by atoms with Gasteiger partial charge in [0.05, 0.1) is 11.6 Å². The Bertz CT molecular complexity index is 444. The molecular formula is C17H32N4O. The Morgan fingerprint density at radius 2 is 1.59 bits per heavy atom. The van der Waals surface area contributed by atoms with Crippen molar-refractivity contribution in [3.05, 3.63) is 34.4 Å². The number of aliphatic hydroxyl groups is 1. The first-order valence-corrected chi connectivity index (χ1v) is 8.34. The molecule has 9 N–H and O–H groups in total. The summed E-state index contributed by atoms with van der Waals surface area (Å²) in [6.45, 7) is 2.23. The molecule has 0 spiro atoms. The predicted molar refractivity (Wildman–Crippen MR) is 92.1 cm³/mol. The van der Waals surface area contributed by atoms with E-state index < -0.39 is 6.10 Å². The fraction of sp³-hybridized carbons (Fsp3) is 0.647. The zero-order chi connectivity index (χ0) is 16.5. The molecule has 0 heterocycles. The molecule has 0 aromatic heterocycles. The maximum absolute atomic E-state index is 10.2. The van der Waals surface area contributed by atoms with E-state index >= 15 is 0 Å². The number of hydrogen-bond donors (Lipinski definition) is 5. The van der Waals surface area contributed by atoms with Crippen molar-refractivity contribution in [3.63, 3.8) is 0 Å². The molecule has 0 amide bonds. The second-order valence-corrected chi connectivity index (χ2v) is 6.14. The number of unbranched alkanes of at least 4 members (excludes halogenated alkanes) is 6. The second-order valence-electron chi connectivity index (χ2n) is 6.14. The molecular weight excluding hydrogens is 276 g/mol. The van der Waals surface area contributed by atoms with Gasteiger partial charge in [-0.25, -0.2) is 0 Å². The van der Waals surface area contributed by atoms with Crippen LogP contribution in [0.1, 0.15) is 64.7 Å². The lowest BCUT2D eigenvalue weighted by Crippen LogP contribution is -2.29. The number of aliphatic hydroxyl groups excluding tert-OH is 1. The summed E-state index contributed by atoms with van der Waals surface area (Å²) in [5.41, 5.74) is 25.0. The van der Waals surface area contributed by atoms with E-state index in [0.29, 0.717) is 17.6 Å². The molecule has 5 heteroatoms. The SMILES string of the molecule is CCCCCCCCCC1=CC(=C(N)N)C(O)C(=C(N)N)C1. The second kappa shape index (κ2) is 9.41. The third-order valence-corrected chi connectivity index (χ3v) is 4.21. The number of rotatable bonds is 8. The highest BCUT2D eigenvalue weighted by Crippen LogP contribution is 2.31. The summed E-state index contributed by atoms with van der Waals surface area (Å²) in [6.07, 6.45) is 11.5. The van der Waals surface area contributed by atoms with E-state index in [-0.39, 0.29) is 11.6 Å². The van der Waals surface area contributed by atoms with E-state index in [2.05, 4.69) is 6.92 Å². The average Bonchev–Trinajstić information content (AvgIpc) is 2.47. The highest BCUT2D eigenvalue weighted by atomic mass is 16.3. The van der Waals surface area contributed by atoms with E-state index in [1.54, 1.807) is 0 Å². The van der Waals surface area contributed by atoms with Crippen LogP contribution in [0.4, 0.5) is 0 Å². The van der Waals surface area contributed by atoms with Crippen molar-refractivity contribution in [3.8, 4) is 0 Å². The first kappa shape index (κ1) is 18.4. The summed E-state index contributed by atoms with van der Waals surface area (Å²) >= 11 is 0. The van der Waals surface area contributed by atoms with Gasteiger partial charge in [-0.3, -0.25) is 0 Å². The third kappa shape index (κ3) is 5.64. The molecule has 1 aliphatic carbocycles. The Morgan fingerprint density at radius 3 is 2.14 bits per heavy atom. The molecule has 0 bridgehead atoms. The van der Waals surface area contributed by atoms with Crippen LogP contribution >= 0.6 is 0 Å². The normalized spacial score (nSPS) is 18.3. The molecule has 0 fully saturated rings. The lowest BCUT2D eigenvalue weighted by atomic mass is 9.85. The van der Waals surface area contributed by atoms with Crippen molar-refractivity contribution in [1.82, 2.24) is 0 Å². The van der Waals surface area contributed by atoms with Gasteiger partial charge in [0.2, 0.25) is 0 Å². The number of allylic oxidation sites excluding steroid dienone is 1. The van der Waals surface area contributed by atoms with Crippen LogP contribution in [-0.2, 0) is 0 Å². The van der Waals surface area contributed by atoms with Gasteiger partial charge in [0.25, 0.3) is 0 Å². The van der Waals surface area contributed by atoms with Crippen LogP contribution in [0.25, 0.3) is 0 Å². The Morgan fingerprint density at radius 1 is 1.00 bits per heavy atom. The van der Waals surface area contributed by atoms with Gasteiger partial charge in [0.1, 0.15) is 6.10 Å². The minimum Gasteiger partial charge on any atom is -0.386 e. The fourth-order valence-electron chi connectivity index (χ4n) is 2.85. The third-order valence-electron chi connectivity index (χ3n) is 4.21. The Hall–Kier alpha value is -1.62. The molecule has 1 atom stereocenters. The molecule has 0 radical (unpaired) electrons. The van der Waals surface area contributed by atoms with Gasteiger partial charge in [-0.15, -0.1) is 0 Å². The molecule has 1 rings (SSSR count). The van der Waals surface area contributed by atoms with E-state index in [1.165, 1.54) is 44.1 Å². The van der Waals surface area contributed by atoms with E-state index in [0.717, 1.165) is 12.8 Å². The Balaban J connectivity index is 2.54. The lowest BCUT2D eigenvalue weighted by Gasteiger charge is -2.25. The molecule has 0 aromatic rings. The summed E-state index contributed by atoms with van der Waals surface area (Å²) in [6, 6.07) is 0. The molecule has 1 aliphatic rings. The van der Waals surface area contributed by atoms with Crippen LogP contribution in [0.5, 0.6) is 0 Å². The van der Waals surface area contributed by atoms with Crippen LogP contribution < -0.4 is 22.9 Å². The maximum atomic E-state index is 10.2. The van der Waals surface area contributed by atoms with Crippen molar-refractivity contribution in [2.75, 3.05) is 0 Å². The summed E-state index contributed by atoms with van der Waals surface area (Å²) in [5.74, 6) is 0.291. The van der Waals surface area contributed by atoms with Gasteiger partial charge in [-0.1, -0.05) is 57.1 Å². The van der Waals surface area contributed by atoms with E-state index in [1.807, 2.05) is 6.08 Å². The molecule has 0 saturated heterocycles. The maximum Gasteiger partial charge on any atom is 0.108 e. The minimum atomic E-state index is -0.882. The van der Waals surface area contributed by atoms with E-state index in [9.17, 15) is 5.11 Å². The van der Waals surface area contributed by atoms with Gasteiger partial charge >= 0.3 is 0 Å². The summed E-state index contributed by atoms with van der Waals surface area (Å²) in [7, 11) is 0. The standard InChI is InChI=1S/C17H32N4O/c1-2-3-4-5-6-7-8-9-12-10-13(16(18)19)15(22)14(11-12)17(20)21/h10,15,22H,2-9,11,18-21H2,1H3. The number of hydrogen-bond acceptors (Lipinski definition) is 5. The quantitative estimate of drug-likeness (QED) is 0.439. The summed E-state index contributed by atoms with van der Waals surface area (Å²) in [4.78, 5) is 0. The first-order valence-electron chi connectivity index (χ1n) is 8.34. The van der Waals surface area contributed by atoms with Crippen molar-refractivity contribution in [2.24, 2.45) is 22.9 Å². The molecule has 0 aromatic carbocycles. The Labute approximate surface area is 134 Å². The van der Waals surface area contributed by atoms with Crippen LogP contribution in [0, 0.1) is 0 Å². The zero-order valence-electron chi connectivity index (χ0n) is 13.8. The summed E-state index contributed by atoms with van der Waals surface area (Å²) in [5, 5.41) is 10.2. The van der Waals surface area contributed by atoms with Gasteiger partial charge in [0, 0.05) is 11.1 Å². The van der Waals surface area contributed by atoms with E-state index in [4.69, 9.17) is 22.9 Å². The van der Waals surface area contributed by atoms with Gasteiger partial charge in [0.15, 0.2) is 0 Å². The van der Waals surface area contributed by atoms with Gasteiger partial charge in [-0.05, 0) is 19.3 Å². The molecule has 1 unspecified atom stereocenters. The van der Waals surface area contributed by atoms with Crippen LogP contribution in [0.3, 0.4) is 0 Å². The predicted octanol–water partition coefficient (Wildman–Crippen LogP) is 2.08. The smallest absolute Gasteiger partial charge is 0.108 e. The average molecular weight is 308 g/mol. The number of nitrogens with two attached hydrogens (primary N) is 4. The lowest BCUT2D eigenvalue weighted by molar-refractivity contribution is 0.241. The van der Waals surface area contributed by atoms with Crippen LogP contribution in [0.2, 0.25) is 0 Å². The first-order chi connectivity index (χ1) is 10.5. The molecule has 126 valence electrons. The molecule has 0 saturated carbocycles. The zero-order valence-corrected chi connectivity index (χ0v) is 13.8. The van der Waals surface area contributed by atoms with Gasteiger partial charge < -0.3 is 28.0 Å². The topological polar surface area (TPSA) is 124 Å². The minimum absolute atomic E-state index is 0.128. The highest BCUT2D eigenvalue weighted by molar-refractivity contribution is 5.43. The monoisotopic (exact) mass is 308 g/mol.